The lowest BCUT2D eigenvalue weighted by molar-refractivity contribution is -0.140. The summed E-state index contributed by atoms with van der Waals surface area (Å²) in [5.41, 5.74) is 1.60. The van der Waals surface area contributed by atoms with Crippen molar-refractivity contribution in [3.05, 3.63) is 47.7 Å². The van der Waals surface area contributed by atoms with Crippen LogP contribution in [0.25, 0.3) is 22.8 Å². The lowest BCUT2D eigenvalue weighted by Crippen LogP contribution is -2.09. The van der Waals surface area contributed by atoms with Gasteiger partial charge in [-0.05, 0) is 30.3 Å². The second-order valence-corrected chi connectivity index (χ2v) is 5.80. The van der Waals surface area contributed by atoms with Gasteiger partial charge in [-0.15, -0.1) is 0 Å². The first-order valence-electron chi connectivity index (χ1n) is 7.88. The molecule has 0 radical (unpaired) electrons. The van der Waals surface area contributed by atoms with Gasteiger partial charge in [-0.25, -0.2) is 9.67 Å². The summed E-state index contributed by atoms with van der Waals surface area (Å²) in [6.07, 6.45) is 3.54. The number of rotatable bonds is 6. The van der Waals surface area contributed by atoms with Gasteiger partial charge in [0.1, 0.15) is 5.75 Å². The molecule has 0 atom stereocenters. The van der Waals surface area contributed by atoms with E-state index in [1.165, 1.54) is 7.11 Å². The van der Waals surface area contributed by atoms with Crippen molar-refractivity contribution in [3.63, 3.8) is 0 Å². The van der Waals surface area contributed by atoms with Crippen molar-refractivity contribution in [3.8, 4) is 28.5 Å². The number of halogens is 1. The van der Waals surface area contributed by atoms with E-state index in [0.29, 0.717) is 29.0 Å². The fraction of sp³-hybridized carbons (Fsp3) is 0.222. The van der Waals surface area contributed by atoms with Crippen molar-refractivity contribution in [2.45, 2.75) is 13.0 Å². The van der Waals surface area contributed by atoms with Crippen molar-refractivity contribution in [1.29, 1.82) is 0 Å². The van der Waals surface area contributed by atoms with Gasteiger partial charge in [0, 0.05) is 23.5 Å². The number of carbonyl (C=O) groups excluding carboxylic acids is 1. The van der Waals surface area contributed by atoms with Crippen molar-refractivity contribution >= 4 is 17.6 Å². The molecule has 3 rings (SSSR count). The van der Waals surface area contributed by atoms with Crippen LogP contribution in [0.5, 0.6) is 5.75 Å². The first-order valence-corrected chi connectivity index (χ1v) is 8.26. The third-order valence-electron chi connectivity index (χ3n) is 3.78. The van der Waals surface area contributed by atoms with Crippen LogP contribution in [0.3, 0.4) is 0 Å². The highest BCUT2D eigenvalue weighted by molar-refractivity contribution is 6.32. The largest absolute Gasteiger partial charge is 0.495 e. The Balaban J connectivity index is 2.02. The van der Waals surface area contributed by atoms with Gasteiger partial charge < -0.3 is 9.47 Å². The molecule has 8 heteroatoms. The zero-order valence-electron chi connectivity index (χ0n) is 14.3. The SMILES string of the molecule is COC(=O)CCn1nc(-c2ccncc2)nc1-c1ccc(OC)c(Cl)c1. The van der Waals surface area contributed by atoms with Crippen LogP contribution in [0.1, 0.15) is 6.42 Å². The molecule has 2 heterocycles. The molecular formula is C18H17ClN4O3. The van der Waals surface area contributed by atoms with Crippen LogP contribution in [0.4, 0.5) is 0 Å². The van der Waals surface area contributed by atoms with Crippen molar-refractivity contribution < 1.29 is 14.3 Å². The number of nitrogens with zero attached hydrogens (tertiary/aromatic N) is 4. The van der Waals surface area contributed by atoms with Gasteiger partial charge in [-0.3, -0.25) is 9.78 Å². The summed E-state index contributed by atoms with van der Waals surface area (Å²) in [7, 11) is 2.91. The molecule has 0 fully saturated rings. The monoisotopic (exact) mass is 372 g/mol. The van der Waals surface area contributed by atoms with E-state index in [1.807, 2.05) is 18.2 Å². The number of ether oxygens (including phenoxy) is 2. The van der Waals surface area contributed by atoms with Gasteiger partial charge in [-0.1, -0.05) is 11.6 Å². The minimum absolute atomic E-state index is 0.187. The van der Waals surface area contributed by atoms with Crippen molar-refractivity contribution in [2.75, 3.05) is 14.2 Å². The van der Waals surface area contributed by atoms with Crippen molar-refractivity contribution in [1.82, 2.24) is 19.7 Å². The van der Waals surface area contributed by atoms with Gasteiger partial charge in [0.2, 0.25) is 0 Å². The standard InChI is InChI=1S/C18H17ClN4O3/c1-25-15-4-3-13(11-14(15)19)18-21-17(12-5-8-20-9-6-12)22-23(18)10-7-16(24)26-2/h3-6,8-9,11H,7,10H2,1-2H3. The number of carbonyl (C=O) groups is 1. The highest BCUT2D eigenvalue weighted by Gasteiger charge is 2.16. The third-order valence-corrected chi connectivity index (χ3v) is 4.07. The van der Waals surface area contributed by atoms with Gasteiger partial charge >= 0.3 is 5.97 Å². The maximum absolute atomic E-state index is 11.5. The Morgan fingerprint density at radius 1 is 1.15 bits per heavy atom. The minimum Gasteiger partial charge on any atom is -0.495 e. The Bertz CT molecular complexity index is 912. The van der Waals surface area contributed by atoms with Crippen LogP contribution in [0.2, 0.25) is 5.02 Å². The second-order valence-electron chi connectivity index (χ2n) is 5.39. The van der Waals surface area contributed by atoms with Gasteiger partial charge in [0.15, 0.2) is 11.6 Å². The van der Waals surface area contributed by atoms with Crippen molar-refractivity contribution in [2.24, 2.45) is 0 Å². The molecular weight excluding hydrogens is 356 g/mol. The maximum atomic E-state index is 11.5. The zero-order valence-corrected chi connectivity index (χ0v) is 15.1. The van der Waals surface area contributed by atoms with Gasteiger partial charge in [-0.2, -0.15) is 5.10 Å². The van der Waals surface area contributed by atoms with E-state index in [4.69, 9.17) is 21.1 Å². The summed E-state index contributed by atoms with van der Waals surface area (Å²) in [5, 5.41) is 5.00. The predicted octanol–water partition coefficient (Wildman–Crippen LogP) is 3.23. The molecule has 0 aliphatic rings. The smallest absolute Gasteiger partial charge is 0.307 e. The molecule has 0 aliphatic carbocycles. The molecule has 0 aliphatic heterocycles. The molecule has 0 unspecified atom stereocenters. The Morgan fingerprint density at radius 2 is 1.92 bits per heavy atom. The first-order chi connectivity index (χ1) is 12.6. The molecule has 26 heavy (non-hydrogen) atoms. The molecule has 134 valence electrons. The van der Waals surface area contributed by atoms with Crippen LogP contribution < -0.4 is 4.74 Å². The Kier molecular flexibility index (Phi) is 5.48. The Morgan fingerprint density at radius 3 is 2.58 bits per heavy atom. The van der Waals surface area contributed by atoms with Gasteiger partial charge in [0.25, 0.3) is 0 Å². The zero-order chi connectivity index (χ0) is 18.5. The number of benzene rings is 1. The summed E-state index contributed by atoms with van der Waals surface area (Å²) >= 11 is 6.24. The van der Waals surface area contributed by atoms with Gasteiger partial charge in [0.05, 0.1) is 32.2 Å². The highest BCUT2D eigenvalue weighted by Crippen LogP contribution is 2.30. The van der Waals surface area contributed by atoms with Crippen LogP contribution in [0, 0.1) is 0 Å². The summed E-state index contributed by atoms with van der Waals surface area (Å²) in [6, 6.07) is 9.02. The summed E-state index contributed by atoms with van der Waals surface area (Å²) in [6.45, 7) is 0.337. The molecule has 2 aromatic heterocycles. The average Bonchev–Trinajstić information content (AvgIpc) is 3.11. The van der Waals surface area contributed by atoms with Crippen LogP contribution >= 0.6 is 11.6 Å². The Hall–Kier alpha value is -2.93. The molecule has 1 aromatic carbocycles. The number of esters is 1. The second kappa shape index (κ2) is 7.97. The lowest BCUT2D eigenvalue weighted by atomic mass is 10.2. The maximum Gasteiger partial charge on any atom is 0.307 e. The molecule has 0 saturated carbocycles. The molecule has 0 spiro atoms. The summed E-state index contributed by atoms with van der Waals surface area (Å²) in [5.74, 6) is 1.40. The summed E-state index contributed by atoms with van der Waals surface area (Å²) in [4.78, 5) is 20.1. The highest BCUT2D eigenvalue weighted by atomic mass is 35.5. The van der Waals surface area contributed by atoms with Crippen LogP contribution in [-0.2, 0) is 16.1 Å². The number of pyridine rings is 1. The topological polar surface area (TPSA) is 79.1 Å². The van der Waals surface area contributed by atoms with E-state index < -0.39 is 0 Å². The fourth-order valence-electron chi connectivity index (χ4n) is 2.44. The molecule has 0 amide bonds. The normalized spacial score (nSPS) is 10.6. The van der Waals surface area contributed by atoms with E-state index in [9.17, 15) is 4.79 Å². The summed E-state index contributed by atoms with van der Waals surface area (Å²) < 4.78 is 11.6. The van der Waals surface area contributed by atoms with E-state index in [0.717, 1.165) is 11.1 Å². The fourth-order valence-corrected chi connectivity index (χ4v) is 2.70. The molecule has 0 N–H and O–H groups in total. The van der Waals surface area contributed by atoms with E-state index in [-0.39, 0.29) is 12.4 Å². The number of aromatic nitrogens is 4. The molecule has 3 aromatic rings. The third kappa shape index (κ3) is 3.83. The van der Waals surface area contributed by atoms with Crippen LogP contribution in [-0.4, -0.2) is 39.9 Å². The van der Waals surface area contributed by atoms with Crippen LogP contribution in [0.15, 0.2) is 42.7 Å². The van der Waals surface area contributed by atoms with E-state index in [2.05, 4.69) is 15.1 Å². The average molecular weight is 373 g/mol. The number of hydrogen-bond acceptors (Lipinski definition) is 6. The Labute approximate surface area is 155 Å². The predicted molar refractivity (Wildman–Crippen MR) is 96.9 cm³/mol. The lowest BCUT2D eigenvalue weighted by Gasteiger charge is -2.07. The number of aryl methyl sites for hydroxylation is 1. The van der Waals surface area contributed by atoms with E-state index in [1.54, 1.807) is 36.3 Å². The molecule has 0 bridgehead atoms. The van der Waals surface area contributed by atoms with E-state index >= 15 is 0 Å². The molecule has 0 saturated heterocycles. The first kappa shape index (κ1) is 17.9. The number of methoxy groups -OCH3 is 2. The number of hydrogen-bond donors (Lipinski definition) is 0. The molecule has 7 nitrogen and oxygen atoms in total. The minimum atomic E-state index is -0.315. The quantitative estimate of drug-likeness (QED) is 0.618.